The second kappa shape index (κ2) is 9.24. The smallest absolute Gasteiger partial charge is 0.311 e. The van der Waals surface area contributed by atoms with Gasteiger partial charge in [0.05, 0.1) is 29.7 Å². The predicted octanol–water partition coefficient (Wildman–Crippen LogP) is 2.45. The van der Waals surface area contributed by atoms with Crippen LogP contribution in [0, 0.1) is 23.0 Å². The van der Waals surface area contributed by atoms with E-state index < -0.39 is 29.3 Å². The summed E-state index contributed by atoms with van der Waals surface area (Å²) >= 11 is 0. The normalized spacial score (nSPS) is 15.5. The Bertz CT molecular complexity index is 1040. The molecular formula is C21H21N3O7. The van der Waals surface area contributed by atoms with Crippen molar-refractivity contribution in [3.8, 4) is 5.75 Å². The number of non-ortho nitro benzene ring substituents is 1. The molecule has 1 N–H and O–H groups in total. The molecule has 1 atom stereocenters. The number of carbonyl (C=O) groups excluding carboxylic acids is 3. The zero-order valence-electron chi connectivity index (χ0n) is 17.0. The number of benzene rings is 2. The lowest BCUT2D eigenvalue weighted by Gasteiger charge is -2.19. The van der Waals surface area contributed by atoms with E-state index in [0.29, 0.717) is 11.4 Å². The van der Waals surface area contributed by atoms with E-state index in [9.17, 15) is 24.5 Å². The topological polar surface area (TPSA) is 128 Å². The molecule has 0 saturated carbocycles. The van der Waals surface area contributed by atoms with Crippen LogP contribution in [0.3, 0.4) is 0 Å². The van der Waals surface area contributed by atoms with Crippen molar-refractivity contribution >= 4 is 34.8 Å². The number of nitro benzene ring substituents is 1. The van der Waals surface area contributed by atoms with Crippen molar-refractivity contribution in [2.75, 3.05) is 30.5 Å². The zero-order chi connectivity index (χ0) is 22.5. The van der Waals surface area contributed by atoms with Crippen LogP contribution in [0.1, 0.15) is 12.0 Å². The van der Waals surface area contributed by atoms with Crippen LogP contribution in [0.15, 0.2) is 42.5 Å². The van der Waals surface area contributed by atoms with E-state index in [1.54, 1.807) is 12.1 Å². The Morgan fingerprint density at radius 2 is 2.00 bits per heavy atom. The minimum atomic E-state index is -0.765. The fourth-order valence-electron chi connectivity index (χ4n) is 3.26. The van der Waals surface area contributed by atoms with E-state index in [4.69, 9.17) is 9.47 Å². The second-order valence-electron chi connectivity index (χ2n) is 6.99. The Balaban J connectivity index is 1.61. The minimum Gasteiger partial charge on any atom is -0.494 e. The van der Waals surface area contributed by atoms with Crippen molar-refractivity contribution < 1.29 is 28.8 Å². The number of ether oxygens (including phenoxy) is 2. The third kappa shape index (κ3) is 4.97. The maximum absolute atomic E-state index is 12.4. The number of aryl methyl sites for hydroxylation is 1. The molecule has 1 aliphatic rings. The Hall–Kier alpha value is -3.95. The third-order valence-electron chi connectivity index (χ3n) is 4.89. The van der Waals surface area contributed by atoms with Gasteiger partial charge in [-0.15, -0.1) is 0 Å². The minimum absolute atomic E-state index is 0.0191. The van der Waals surface area contributed by atoms with Gasteiger partial charge in [0.1, 0.15) is 5.75 Å². The predicted molar refractivity (Wildman–Crippen MR) is 111 cm³/mol. The van der Waals surface area contributed by atoms with Crippen molar-refractivity contribution in [3.05, 3.63) is 58.1 Å². The molecule has 31 heavy (non-hydrogen) atoms. The molecule has 0 aliphatic carbocycles. The van der Waals surface area contributed by atoms with Crippen molar-refractivity contribution in [3.63, 3.8) is 0 Å². The Kier molecular flexibility index (Phi) is 6.49. The lowest BCUT2D eigenvalue weighted by molar-refractivity contribution is -0.384. The Labute approximate surface area is 177 Å². The highest BCUT2D eigenvalue weighted by atomic mass is 16.6. The van der Waals surface area contributed by atoms with Gasteiger partial charge in [-0.25, -0.2) is 0 Å². The molecule has 162 valence electrons. The molecule has 0 spiro atoms. The van der Waals surface area contributed by atoms with Crippen LogP contribution in [0.5, 0.6) is 5.75 Å². The molecular weight excluding hydrogens is 406 g/mol. The number of hydrogen-bond acceptors (Lipinski definition) is 7. The number of rotatable bonds is 7. The van der Waals surface area contributed by atoms with E-state index in [0.717, 1.165) is 5.56 Å². The molecule has 1 saturated heterocycles. The summed E-state index contributed by atoms with van der Waals surface area (Å²) < 4.78 is 10.3. The summed E-state index contributed by atoms with van der Waals surface area (Å²) in [5, 5.41) is 13.6. The molecule has 10 heteroatoms. The van der Waals surface area contributed by atoms with E-state index in [2.05, 4.69) is 5.32 Å². The van der Waals surface area contributed by atoms with Crippen LogP contribution < -0.4 is 15.0 Å². The molecule has 1 fully saturated rings. The number of methoxy groups -OCH3 is 1. The summed E-state index contributed by atoms with van der Waals surface area (Å²) in [7, 11) is 1.34. The van der Waals surface area contributed by atoms with Gasteiger partial charge in [-0.3, -0.25) is 24.5 Å². The number of anilines is 2. The summed E-state index contributed by atoms with van der Waals surface area (Å²) in [4.78, 5) is 48.6. The molecule has 2 amide bonds. The van der Waals surface area contributed by atoms with Gasteiger partial charge in [0.2, 0.25) is 5.91 Å². The first-order valence-electron chi connectivity index (χ1n) is 9.45. The highest BCUT2D eigenvalue weighted by Crippen LogP contribution is 2.35. The zero-order valence-corrected chi connectivity index (χ0v) is 17.0. The Morgan fingerprint density at radius 1 is 1.26 bits per heavy atom. The standard InChI is InChI=1S/C21H21N3O7/c1-13-5-3-4-6-16(13)22-19(25)12-31-21(27)14-9-20(26)23(11-14)17-8-7-15(24(28)29)10-18(17)30-2/h3-8,10,14H,9,11-12H2,1-2H3,(H,22,25)/t14-/m1/s1. The number of hydrogen-bond donors (Lipinski definition) is 1. The van der Waals surface area contributed by atoms with Crippen molar-refractivity contribution in [2.24, 2.45) is 5.92 Å². The van der Waals surface area contributed by atoms with Crippen LogP contribution in [-0.4, -0.2) is 43.0 Å². The van der Waals surface area contributed by atoms with E-state index in [1.165, 1.54) is 30.2 Å². The number of amides is 2. The molecule has 0 aromatic heterocycles. The fourth-order valence-corrected chi connectivity index (χ4v) is 3.26. The monoisotopic (exact) mass is 427 g/mol. The van der Waals surface area contributed by atoms with Crippen LogP contribution in [0.2, 0.25) is 0 Å². The molecule has 10 nitrogen and oxygen atoms in total. The maximum atomic E-state index is 12.4. The van der Waals surface area contributed by atoms with Crippen molar-refractivity contribution in [2.45, 2.75) is 13.3 Å². The fraction of sp³-hybridized carbons (Fsp3) is 0.286. The second-order valence-corrected chi connectivity index (χ2v) is 6.99. The quantitative estimate of drug-likeness (QED) is 0.408. The maximum Gasteiger partial charge on any atom is 0.311 e. The number of para-hydroxylation sites is 1. The van der Waals surface area contributed by atoms with E-state index in [1.807, 2.05) is 19.1 Å². The summed E-state index contributed by atoms with van der Waals surface area (Å²) in [5.74, 6) is -2.12. The first kappa shape index (κ1) is 21.8. The van der Waals surface area contributed by atoms with E-state index >= 15 is 0 Å². The molecule has 1 aliphatic heterocycles. The van der Waals surface area contributed by atoms with Gasteiger partial charge in [0, 0.05) is 24.7 Å². The first-order chi connectivity index (χ1) is 14.8. The van der Waals surface area contributed by atoms with Gasteiger partial charge in [-0.1, -0.05) is 18.2 Å². The van der Waals surface area contributed by atoms with Crippen LogP contribution in [0.4, 0.5) is 17.1 Å². The van der Waals surface area contributed by atoms with Crippen LogP contribution in [-0.2, 0) is 19.1 Å². The van der Waals surface area contributed by atoms with Gasteiger partial charge >= 0.3 is 5.97 Å². The SMILES string of the molecule is COc1cc([N+](=O)[O-])ccc1N1C[C@H](C(=O)OCC(=O)Nc2ccccc2C)CC1=O. The molecule has 1 heterocycles. The molecule has 0 unspecified atom stereocenters. The molecule has 2 aromatic rings. The van der Waals surface area contributed by atoms with E-state index in [-0.39, 0.29) is 30.3 Å². The summed E-state index contributed by atoms with van der Waals surface area (Å²) in [6.07, 6.45) is -0.0988. The van der Waals surface area contributed by atoms with Crippen molar-refractivity contribution in [1.82, 2.24) is 0 Å². The lowest BCUT2D eigenvalue weighted by atomic mass is 10.1. The summed E-state index contributed by atoms with van der Waals surface area (Å²) in [6.45, 7) is 1.39. The summed E-state index contributed by atoms with van der Waals surface area (Å²) in [6, 6.07) is 11.1. The first-order valence-corrected chi connectivity index (χ1v) is 9.45. The number of nitrogens with zero attached hydrogens (tertiary/aromatic N) is 2. The lowest BCUT2D eigenvalue weighted by Crippen LogP contribution is -2.28. The molecule has 0 radical (unpaired) electrons. The number of esters is 1. The highest BCUT2D eigenvalue weighted by Gasteiger charge is 2.37. The molecule has 2 aromatic carbocycles. The van der Waals surface area contributed by atoms with Gasteiger partial charge in [-0.05, 0) is 24.6 Å². The molecule has 3 rings (SSSR count). The Morgan fingerprint density at radius 3 is 2.68 bits per heavy atom. The van der Waals surface area contributed by atoms with Gasteiger partial charge in [-0.2, -0.15) is 0 Å². The van der Waals surface area contributed by atoms with Gasteiger partial charge < -0.3 is 19.7 Å². The molecule has 0 bridgehead atoms. The van der Waals surface area contributed by atoms with Crippen LogP contribution >= 0.6 is 0 Å². The largest absolute Gasteiger partial charge is 0.494 e. The summed E-state index contributed by atoms with van der Waals surface area (Å²) in [5.41, 5.74) is 1.64. The average molecular weight is 427 g/mol. The number of nitro groups is 1. The van der Waals surface area contributed by atoms with Gasteiger partial charge in [0.25, 0.3) is 11.6 Å². The van der Waals surface area contributed by atoms with Gasteiger partial charge in [0.15, 0.2) is 6.61 Å². The van der Waals surface area contributed by atoms with Crippen LogP contribution in [0.25, 0.3) is 0 Å². The number of carbonyl (C=O) groups is 3. The van der Waals surface area contributed by atoms with Crippen molar-refractivity contribution in [1.29, 1.82) is 0 Å². The highest BCUT2D eigenvalue weighted by molar-refractivity contribution is 6.01. The third-order valence-corrected chi connectivity index (χ3v) is 4.89. The average Bonchev–Trinajstić information content (AvgIpc) is 3.14. The number of nitrogens with one attached hydrogen (secondary N) is 1.